The predicted molar refractivity (Wildman–Crippen MR) is 98.7 cm³/mol. The lowest BCUT2D eigenvalue weighted by molar-refractivity contribution is -0.113. The number of amides is 1. The van der Waals surface area contributed by atoms with E-state index in [2.05, 4.69) is 15.0 Å². The van der Waals surface area contributed by atoms with Crippen LogP contribution in [0.5, 0.6) is 0 Å². The summed E-state index contributed by atoms with van der Waals surface area (Å²) in [6.45, 7) is 4.85. The van der Waals surface area contributed by atoms with Crippen molar-refractivity contribution >= 4 is 28.9 Å². The summed E-state index contributed by atoms with van der Waals surface area (Å²) in [5.41, 5.74) is 2.80. The van der Waals surface area contributed by atoms with Crippen LogP contribution in [0.2, 0.25) is 0 Å². The minimum absolute atomic E-state index is 0.182. The first kappa shape index (κ1) is 16.1. The Balaban J connectivity index is 1.56. The molecule has 1 aromatic heterocycles. The minimum atomic E-state index is -0.182. The van der Waals surface area contributed by atoms with Crippen molar-refractivity contribution in [1.29, 1.82) is 0 Å². The molecular formula is C18H18N4O2S. The zero-order valence-corrected chi connectivity index (χ0v) is 14.7. The van der Waals surface area contributed by atoms with E-state index in [-0.39, 0.29) is 5.91 Å². The Labute approximate surface area is 150 Å². The Hall–Kier alpha value is -2.38. The number of thioether (sulfide) groups is 1. The molecule has 0 atom stereocenters. The highest BCUT2D eigenvalue weighted by molar-refractivity contribution is 8.18. The van der Waals surface area contributed by atoms with Crippen molar-refractivity contribution in [3.63, 3.8) is 0 Å². The van der Waals surface area contributed by atoms with Crippen molar-refractivity contribution in [2.75, 3.05) is 26.3 Å². The molecule has 4 rings (SSSR count). The topological polar surface area (TPSA) is 59.7 Å². The summed E-state index contributed by atoms with van der Waals surface area (Å²) in [7, 11) is 0. The smallest absolute Gasteiger partial charge is 0.286 e. The average Bonchev–Trinajstić information content (AvgIpc) is 3.20. The quantitative estimate of drug-likeness (QED) is 0.776. The molecule has 1 amide bonds. The van der Waals surface area contributed by atoms with Gasteiger partial charge in [0, 0.05) is 24.8 Å². The van der Waals surface area contributed by atoms with Crippen molar-refractivity contribution in [1.82, 2.24) is 14.7 Å². The molecule has 2 aliphatic heterocycles. The highest BCUT2D eigenvalue weighted by Gasteiger charge is 2.27. The Morgan fingerprint density at radius 3 is 2.72 bits per heavy atom. The Kier molecular flexibility index (Phi) is 4.42. The molecule has 0 aliphatic carbocycles. The van der Waals surface area contributed by atoms with Gasteiger partial charge in [0.05, 0.1) is 29.5 Å². The normalized spacial score (nSPS) is 19.6. The summed E-state index contributed by atoms with van der Waals surface area (Å²) in [5.74, 6) is -0.182. The number of hydrogen-bond donors (Lipinski definition) is 0. The number of aliphatic imine (C=N–C) groups is 1. The zero-order chi connectivity index (χ0) is 17.2. The van der Waals surface area contributed by atoms with E-state index in [1.54, 1.807) is 0 Å². The fraction of sp³-hybridized carbons (Fsp3) is 0.278. The van der Waals surface area contributed by atoms with E-state index in [1.165, 1.54) is 11.8 Å². The molecule has 25 heavy (non-hydrogen) atoms. The Morgan fingerprint density at radius 2 is 1.96 bits per heavy atom. The van der Waals surface area contributed by atoms with E-state index in [9.17, 15) is 4.79 Å². The molecule has 6 nitrogen and oxygen atoms in total. The maximum atomic E-state index is 12.3. The van der Waals surface area contributed by atoms with Gasteiger partial charge in [0.25, 0.3) is 5.91 Å². The van der Waals surface area contributed by atoms with Crippen LogP contribution in [0.4, 0.5) is 0 Å². The van der Waals surface area contributed by atoms with Crippen molar-refractivity contribution < 1.29 is 9.53 Å². The van der Waals surface area contributed by atoms with Crippen LogP contribution in [0.3, 0.4) is 0 Å². The maximum Gasteiger partial charge on any atom is 0.286 e. The zero-order valence-electron chi connectivity index (χ0n) is 13.9. The summed E-state index contributed by atoms with van der Waals surface area (Å²) < 4.78 is 7.18. The summed E-state index contributed by atoms with van der Waals surface area (Å²) in [6, 6.07) is 9.92. The highest BCUT2D eigenvalue weighted by atomic mass is 32.2. The summed E-state index contributed by atoms with van der Waals surface area (Å²) in [5, 5.41) is 5.31. The number of carbonyl (C=O) groups is 1. The standard InChI is InChI=1S/C18H18N4O2S/c1-13-14(12-22(20-13)15-5-3-2-4-6-15)11-16-17(23)19-18(25-16)21-7-9-24-10-8-21/h2-6,11-12H,7-10H2,1H3/b16-11-. The predicted octanol–water partition coefficient (Wildman–Crippen LogP) is 2.48. The molecule has 3 heterocycles. The van der Waals surface area contributed by atoms with Gasteiger partial charge in [0.1, 0.15) is 0 Å². The van der Waals surface area contributed by atoms with Crippen LogP contribution in [0.15, 0.2) is 46.4 Å². The van der Waals surface area contributed by atoms with E-state index >= 15 is 0 Å². The van der Waals surface area contributed by atoms with Gasteiger partial charge in [-0.2, -0.15) is 10.1 Å². The van der Waals surface area contributed by atoms with Gasteiger partial charge in [-0.3, -0.25) is 4.79 Å². The van der Waals surface area contributed by atoms with Gasteiger partial charge in [-0.1, -0.05) is 18.2 Å². The van der Waals surface area contributed by atoms with Crippen LogP contribution in [-0.2, 0) is 9.53 Å². The SMILES string of the molecule is Cc1nn(-c2ccccc2)cc1/C=C1\SC(N2CCOCC2)=NC1=O. The number of rotatable bonds is 2. The van der Waals surface area contributed by atoms with Gasteiger partial charge in [-0.05, 0) is 36.9 Å². The van der Waals surface area contributed by atoms with Crippen molar-refractivity contribution in [3.8, 4) is 5.69 Å². The fourth-order valence-electron chi connectivity index (χ4n) is 2.76. The van der Waals surface area contributed by atoms with E-state index in [0.717, 1.165) is 35.2 Å². The van der Waals surface area contributed by atoms with Crippen LogP contribution >= 0.6 is 11.8 Å². The number of hydrogen-bond acceptors (Lipinski definition) is 5. The molecule has 1 fully saturated rings. The molecule has 7 heteroatoms. The first-order chi connectivity index (χ1) is 12.2. The number of nitrogens with zero attached hydrogens (tertiary/aromatic N) is 4. The number of ether oxygens (including phenoxy) is 1. The number of aryl methyl sites for hydroxylation is 1. The number of carbonyl (C=O) groups excluding carboxylic acids is 1. The molecule has 128 valence electrons. The second-order valence-corrected chi connectivity index (χ2v) is 6.87. The lowest BCUT2D eigenvalue weighted by Gasteiger charge is -2.27. The molecule has 1 saturated heterocycles. The van der Waals surface area contributed by atoms with Gasteiger partial charge in [0.2, 0.25) is 0 Å². The molecule has 0 bridgehead atoms. The van der Waals surface area contributed by atoms with Gasteiger partial charge in [0.15, 0.2) is 5.17 Å². The number of benzene rings is 1. The van der Waals surface area contributed by atoms with E-state index in [4.69, 9.17) is 4.74 Å². The minimum Gasteiger partial charge on any atom is -0.378 e. The number of para-hydroxylation sites is 1. The molecular weight excluding hydrogens is 336 g/mol. The molecule has 0 unspecified atom stereocenters. The second kappa shape index (κ2) is 6.85. The van der Waals surface area contributed by atoms with Crippen molar-refractivity contribution in [2.24, 2.45) is 4.99 Å². The molecule has 2 aliphatic rings. The van der Waals surface area contributed by atoms with Crippen molar-refractivity contribution in [2.45, 2.75) is 6.92 Å². The summed E-state index contributed by atoms with van der Waals surface area (Å²) >= 11 is 1.43. The second-order valence-electron chi connectivity index (χ2n) is 5.86. The van der Waals surface area contributed by atoms with Gasteiger partial charge in [-0.25, -0.2) is 4.68 Å². The molecule has 0 radical (unpaired) electrons. The summed E-state index contributed by atoms with van der Waals surface area (Å²) in [4.78, 5) is 19.2. The molecule has 2 aromatic rings. The largest absolute Gasteiger partial charge is 0.378 e. The third kappa shape index (κ3) is 3.38. The van der Waals surface area contributed by atoms with Gasteiger partial charge < -0.3 is 9.64 Å². The first-order valence-corrected chi connectivity index (χ1v) is 8.99. The van der Waals surface area contributed by atoms with Crippen LogP contribution in [0, 0.1) is 6.92 Å². The maximum absolute atomic E-state index is 12.3. The van der Waals surface area contributed by atoms with Crippen LogP contribution in [-0.4, -0.2) is 52.1 Å². The Bertz CT molecular complexity index is 851. The number of aromatic nitrogens is 2. The summed E-state index contributed by atoms with van der Waals surface area (Å²) in [6.07, 6.45) is 3.82. The number of morpholine rings is 1. The van der Waals surface area contributed by atoms with E-state index in [1.807, 2.05) is 54.2 Å². The van der Waals surface area contributed by atoms with Crippen LogP contribution < -0.4 is 0 Å². The molecule has 0 N–H and O–H groups in total. The van der Waals surface area contributed by atoms with E-state index in [0.29, 0.717) is 18.1 Å². The fourth-order valence-corrected chi connectivity index (χ4v) is 3.71. The third-order valence-corrected chi connectivity index (χ3v) is 5.18. The number of amidine groups is 1. The lowest BCUT2D eigenvalue weighted by Crippen LogP contribution is -2.38. The van der Waals surface area contributed by atoms with Crippen LogP contribution in [0.1, 0.15) is 11.3 Å². The lowest BCUT2D eigenvalue weighted by atomic mass is 10.2. The van der Waals surface area contributed by atoms with E-state index < -0.39 is 0 Å². The first-order valence-electron chi connectivity index (χ1n) is 8.18. The monoisotopic (exact) mass is 354 g/mol. The van der Waals surface area contributed by atoms with Crippen molar-refractivity contribution in [3.05, 3.63) is 52.7 Å². The van der Waals surface area contributed by atoms with Gasteiger partial charge >= 0.3 is 0 Å². The average molecular weight is 354 g/mol. The van der Waals surface area contributed by atoms with Crippen LogP contribution in [0.25, 0.3) is 11.8 Å². The third-order valence-electron chi connectivity index (χ3n) is 4.14. The highest BCUT2D eigenvalue weighted by Crippen LogP contribution is 2.31. The Morgan fingerprint density at radius 1 is 1.20 bits per heavy atom. The molecule has 1 aromatic carbocycles. The molecule has 0 saturated carbocycles. The molecule has 0 spiro atoms. The van der Waals surface area contributed by atoms with Gasteiger partial charge in [-0.15, -0.1) is 0 Å².